The van der Waals surface area contributed by atoms with Gasteiger partial charge in [0.05, 0.1) is 5.69 Å². The Bertz CT molecular complexity index is 772. The van der Waals surface area contributed by atoms with E-state index in [2.05, 4.69) is 20.4 Å². The number of nitrogens with zero attached hydrogens (tertiary/aromatic N) is 2. The molecule has 0 saturated carbocycles. The second-order valence-corrected chi connectivity index (χ2v) is 6.66. The number of rotatable bonds is 5. The van der Waals surface area contributed by atoms with E-state index in [0.717, 1.165) is 30.3 Å². The molecular formula is C18H22F2N4O. The first-order valence-corrected chi connectivity index (χ1v) is 8.47. The van der Waals surface area contributed by atoms with Crippen LogP contribution in [0.1, 0.15) is 31.5 Å². The molecule has 0 fully saturated rings. The van der Waals surface area contributed by atoms with Crippen molar-refractivity contribution in [2.24, 2.45) is 0 Å². The number of hydrogen-bond donors (Lipinski definition) is 2. The number of carbonyl (C=O) groups excluding carboxylic acids is 1. The summed E-state index contributed by atoms with van der Waals surface area (Å²) in [6.45, 7) is 5.99. The average molecular weight is 348 g/mol. The first-order chi connectivity index (χ1) is 11.9. The Morgan fingerprint density at radius 2 is 2.16 bits per heavy atom. The van der Waals surface area contributed by atoms with Crippen LogP contribution in [0, 0.1) is 11.6 Å². The fraction of sp³-hybridized carbons (Fsp3) is 0.444. The molecule has 0 radical (unpaired) electrons. The van der Waals surface area contributed by atoms with Crippen molar-refractivity contribution < 1.29 is 13.6 Å². The Hall–Kier alpha value is -2.28. The summed E-state index contributed by atoms with van der Waals surface area (Å²) in [6.07, 6.45) is 1.23. The molecule has 7 heteroatoms. The van der Waals surface area contributed by atoms with Crippen LogP contribution in [-0.2, 0) is 17.8 Å². The van der Waals surface area contributed by atoms with Gasteiger partial charge in [-0.05, 0) is 32.0 Å². The van der Waals surface area contributed by atoms with Crippen LogP contribution < -0.4 is 5.32 Å². The van der Waals surface area contributed by atoms with E-state index in [-0.39, 0.29) is 11.9 Å². The fourth-order valence-electron chi connectivity index (χ4n) is 3.08. The Morgan fingerprint density at radius 1 is 1.36 bits per heavy atom. The van der Waals surface area contributed by atoms with Gasteiger partial charge in [-0.25, -0.2) is 8.78 Å². The summed E-state index contributed by atoms with van der Waals surface area (Å²) in [5, 5.41) is 10.2. The Kier molecular flexibility index (Phi) is 5.13. The topological polar surface area (TPSA) is 61.0 Å². The third kappa shape index (κ3) is 4.04. The first-order valence-electron chi connectivity index (χ1n) is 8.47. The van der Waals surface area contributed by atoms with E-state index in [0.29, 0.717) is 30.8 Å². The lowest BCUT2D eigenvalue weighted by molar-refractivity contribution is -0.121. The Labute approximate surface area is 145 Å². The molecule has 1 aliphatic heterocycles. The molecule has 2 N–H and O–H groups in total. The summed E-state index contributed by atoms with van der Waals surface area (Å²) < 4.78 is 26.7. The van der Waals surface area contributed by atoms with E-state index in [1.165, 1.54) is 12.1 Å². The van der Waals surface area contributed by atoms with E-state index in [1.54, 1.807) is 0 Å². The molecule has 0 spiro atoms. The monoisotopic (exact) mass is 348 g/mol. The van der Waals surface area contributed by atoms with Gasteiger partial charge in [-0.2, -0.15) is 5.10 Å². The van der Waals surface area contributed by atoms with Gasteiger partial charge in [0, 0.05) is 55.3 Å². The molecule has 0 aliphatic carbocycles. The highest BCUT2D eigenvalue weighted by Gasteiger charge is 2.23. The standard InChI is InChI=1S/C18H22F2N4O/c1-11(2)21-17(25)6-8-24-7-5-16-13(10-24)18(23-22-16)12-3-4-14(19)15(20)9-12/h3-4,9,11H,5-8,10H2,1-2H3,(H,21,25)(H,22,23). The molecule has 0 saturated heterocycles. The van der Waals surface area contributed by atoms with Gasteiger partial charge in [0.2, 0.25) is 5.91 Å². The summed E-state index contributed by atoms with van der Waals surface area (Å²) in [7, 11) is 0. The van der Waals surface area contributed by atoms with Crippen LogP contribution in [0.4, 0.5) is 8.78 Å². The number of aromatic nitrogens is 2. The SMILES string of the molecule is CC(C)NC(=O)CCN1CCc2[nH]nc(-c3ccc(F)c(F)c3)c2C1. The van der Waals surface area contributed by atoms with Crippen LogP contribution in [0.3, 0.4) is 0 Å². The van der Waals surface area contributed by atoms with Gasteiger partial charge in [-0.3, -0.25) is 14.8 Å². The third-order valence-corrected chi connectivity index (χ3v) is 4.31. The lowest BCUT2D eigenvalue weighted by Crippen LogP contribution is -2.36. The highest BCUT2D eigenvalue weighted by Crippen LogP contribution is 2.29. The van der Waals surface area contributed by atoms with Gasteiger partial charge in [-0.15, -0.1) is 0 Å². The minimum Gasteiger partial charge on any atom is -0.354 e. The zero-order valence-corrected chi connectivity index (χ0v) is 14.4. The number of aromatic amines is 1. The number of fused-ring (bicyclic) bond motifs is 1. The molecule has 0 unspecified atom stereocenters. The number of amides is 1. The van der Waals surface area contributed by atoms with E-state index in [4.69, 9.17) is 0 Å². The first kappa shape index (κ1) is 17.5. The Morgan fingerprint density at radius 3 is 2.88 bits per heavy atom. The molecule has 2 heterocycles. The zero-order valence-electron chi connectivity index (χ0n) is 14.4. The normalized spacial score (nSPS) is 14.6. The predicted molar refractivity (Wildman–Crippen MR) is 90.8 cm³/mol. The third-order valence-electron chi connectivity index (χ3n) is 4.31. The number of H-pyrrole nitrogens is 1. The van der Waals surface area contributed by atoms with Crippen molar-refractivity contribution in [3.63, 3.8) is 0 Å². The highest BCUT2D eigenvalue weighted by atomic mass is 19.2. The minimum atomic E-state index is -0.882. The maximum Gasteiger partial charge on any atom is 0.221 e. The van der Waals surface area contributed by atoms with Crippen molar-refractivity contribution in [3.8, 4) is 11.3 Å². The summed E-state index contributed by atoms with van der Waals surface area (Å²) in [5.74, 6) is -1.72. The van der Waals surface area contributed by atoms with Gasteiger partial charge in [0.15, 0.2) is 11.6 Å². The molecule has 0 atom stereocenters. The molecule has 3 rings (SSSR count). The Balaban J connectivity index is 1.71. The van der Waals surface area contributed by atoms with Crippen molar-refractivity contribution in [3.05, 3.63) is 41.1 Å². The van der Waals surface area contributed by atoms with E-state index < -0.39 is 11.6 Å². The largest absolute Gasteiger partial charge is 0.354 e. The number of benzene rings is 1. The van der Waals surface area contributed by atoms with E-state index in [9.17, 15) is 13.6 Å². The number of hydrogen-bond acceptors (Lipinski definition) is 3. The van der Waals surface area contributed by atoms with E-state index >= 15 is 0 Å². The maximum absolute atomic E-state index is 13.5. The molecule has 1 aromatic carbocycles. The minimum absolute atomic E-state index is 0.0359. The molecule has 25 heavy (non-hydrogen) atoms. The van der Waals surface area contributed by atoms with Gasteiger partial charge >= 0.3 is 0 Å². The summed E-state index contributed by atoms with van der Waals surface area (Å²) in [5.41, 5.74) is 3.20. The van der Waals surface area contributed by atoms with Gasteiger partial charge in [-0.1, -0.05) is 0 Å². The van der Waals surface area contributed by atoms with Crippen molar-refractivity contribution in [1.82, 2.24) is 20.4 Å². The highest BCUT2D eigenvalue weighted by molar-refractivity contribution is 5.76. The molecule has 5 nitrogen and oxygen atoms in total. The second-order valence-electron chi connectivity index (χ2n) is 6.66. The summed E-state index contributed by atoms with van der Waals surface area (Å²) in [6, 6.07) is 3.95. The van der Waals surface area contributed by atoms with Crippen molar-refractivity contribution in [2.75, 3.05) is 13.1 Å². The van der Waals surface area contributed by atoms with Gasteiger partial charge in [0.25, 0.3) is 0 Å². The number of nitrogens with one attached hydrogen (secondary N) is 2. The number of halogens is 2. The lowest BCUT2D eigenvalue weighted by atomic mass is 10.0. The van der Waals surface area contributed by atoms with Crippen molar-refractivity contribution in [2.45, 2.75) is 39.3 Å². The van der Waals surface area contributed by atoms with Crippen LogP contribution in [0.5, 0.6) is 0 Å². The average Bonchev–Trinajstić information content (AvgIpc) is 2.98. The number of carbonyl (C=O) groups is 1. The molecule has 134 valence electrons. The molecule has 2 aromatic rings. The summed E-state index contributed by atoms with van der Waals surface area (Å²) in [4.78, 5) is 14.0. The summed E-state index contributed by atoms with van der Waals surface area (Å²) >= 11 is 0. The van der Waals surface area contributed by atoms with Crippen LogP contribution in [0.2, 0.25) is 0 Å². The van der Waals surface area contributed by atoms with Crippen LogP contribution in [-0.4, -0.2) is 40.1 Å². The van der Waals surface area contributed by atoms with Crippen molar-refractivity contribution in [1.29, 1.82) is 0 Å². The maximum atomic E-state index is 13.5. The molecule has 1 aromatic heterocycles. The van der Waals surface area contributed by atoms with E-state index in [1.807, 2.05) is 13.8 Å². The quantitative estimate of drug-likeness (QED) is 0.873. The predicted octanol–water partition coefficient (Wildman–Crippen LogP) is 2.63. The molecule has 0 bridgehead atoms. The molecule has 1 aliphatic rings. The van der Waals surface area contributed by atoms with Crippen molar-refractivity contribution >= 4 is 5.91 Å². The molecular weight excluding hydrogens is 326 g/mol. The second kappa shape index (κ2) is 7.31. The fourth-order valence-corrected chi connectivity index (χ4v) is 3.08. The smallest absolute Gasteiger partial charge is 0.221 e. The zero-order chi connectivity index (χ0) is 18.0. The van der Waals surface area contributed by atoms with Gasteiger partial charge in [0.1, 0.15) is 0 Å². The molecule has 1 amide bonds. The van der Waals surface area contributed by atoms with Crippen LogP contribution in [0.25, 0.3) is 11.3 Å². The van der Waals surface area contributed by atoms with Crippen LogP contribution in [0.15, 0.2) is 18.2 Å². The van der Waals surface area contributed by atoms with Gasteiger partial charge < -0.3 is 5.32 Å². The lowest BCUT2D eigenvalue weighted by Gasteiger charge is -2.27. The van der Waals surface area contributed by atoms with Crippen LogP contribution >= 0.6 is 0 Å².